The van der Waals surface area contributed by atoms with Gasteiger partial charge in [0.15, 0.2) is 0 Å². The third-order valence-corrected chi connectivity index (χ3v) is 2.66. The Morgan fingerprint density at radius 1 is 1.35 bits per heavy atom. The Morgan fingerprint density at radius 3 is 2.65 bits per heavy atom. The van der Waals surface area contributed by atoms with Crippen LogP contribution in [0.1, 0.15) is 23.1 Å². The number of hydrogen-bond donors (Lipinski definition) is 2. The second-order valence-electron chi connectivity index (χ2n) is 4.06. The van der Waals surface area contributed by atoms with E-state index in [1.807, 2.05) is 19.9 Å². The highest BCUT2D eigenvalue weighted by Crippen LogP contribution is 2.25. The molecule has 0 heterocycles. The average molecular weight is 236 g/mol. The second kappa shape index (κ2) is 6.25. The van der Waals surface area contributed by atoms with Crippen LogP contribution < -0.4 is 15.6 Å². The Kier molecular flexibility index (Phi) is 4.97. The number of nitrogens with one attached hydrogen (secondary N) is 2. The van der Waals surface area contributed by atoms with Gasteiger partial charge in [-0.05, 0) is 43.0 Å². The number of aryl methyl sites for hydroxylation is 2. The maximum atomic E-state index is 11.4. The Bertz CT molecular complexity index is 403. The maximum Gasteiger partial charge on any atom is 0.234 e. The topological polar surface area (TPSA) is 50.4 Å². The lowest BCUT2D eigenvalue weighted by atomic mass is 10.00. The Morgan fingerprint density at radius 2 is 2.06 bits per heavy atom. The fourth-order valence-electron chi connectivity index (χ4n) is 1.90. The lowest BCUT2D eigenvalue weighted by Gasteiger charge is -2.12. The first-order chi connectivity index (χ1) is 8.08. The predicted octanol–water partition coefficient (Wildman–Crippen LogP) is 1.50. The van der Waals surface area contributed by atoms with Crippen molar-refractivity contribution in [3.8, 4) is 5.75 Å². The number of carbonyl (C=O) groups excluding carboxylic acids is 1. The molecule has 0 aliphatic heterocycles. The zero-order valence-corrected chi connectivity index (χ0v) is 10.9. The van der Waals surface area contributed by atoms with Gasteiger partial charge in [-0.25, -0.2) is 5.43 Å². The third-order valence-electron chi connectivity index (χ3n) is 2.66. The van der Waals surface area contributed by atoms with Crippen molar-refractivity contribution in [1.29, 1.82) is 0 Å². The summed E-state index contributed by atoms with van der Waals surface area (Å²) in [6, 6.07) is 4.10. The summed E-state index contributed by atoms with van der Waals surface area (Å²) in [7, 11) is 3.33. The largest absolute Gasteiger partial charge is 0.496 e. The molecular weight excluding hydrogens is 216 g/mol. The van der Waals surface area contributed by atoms with Gasteiger partial charge in [0.1, 0.15) is 5.75 Å². The number of methoxy groups -OCH3 is 1. The minimum absolute atomic E-state index is 0.0190. The van der Waals surface area contributed by atoms with Crippen molar-refractivity contribution in [1.82, 2.24) is 10.9 Å². The molecule has 1 aromatic rings. The molecule has 1 amide bonds. The summed E-state index contributed by atoms with van der Waals surface area (Å²) in [5, 5.41) is 0. The van der Waals surface area contributed by atoms with E-state index in [4.69, 9.17) is 4.74 Å². The summed E-state index contributed by atoms with van der Waals surface area (Å²) in [5.41, 5.74) is 8.62. The Balaban J connectivity index is 2.79. The van der Waals surface area contributed by atoms with Gasteiger partial charge in [0.25, 0.3) is 0 Å². The normalized spacial score (nSPS) is 10.1. The van der Waals surface area contributed by atoms with E-state index in [-0.39, 0.29) is 5.91 Å². The predicted molar refractivity (Wildman–Crippen MR) is 68.0 cm³/mol. The summed E-state index contributed by atoms with van der Waals surface area (Å²) in [6.45, 7) is 4.08. The number of carbonyl (C=O) groups is 1. The molecule has 17 heavy (non-hydrogen) atoms. The van der Waals surface area contributed by atoms with Gasteiger partial charge in [-0.15, -0.1) is 0 Å². The highest BCUT2D eigenvalue weighted by atomic mass is 16.5. The SMILES string of the molecule is CNNC(=O)CCc1c(C)cc(C)cc1OC. The van der Waals surface area contributed by atoms with Crippen molar-refractivity contribution in [2.75, 3.05) is 14.2 Å². The van der Waals surface area contributed by atoms with Crippen LogP contribution in [0.25, 0.3) is 0 Å². The molecule has 94 valence electrons. The molecule has 0 saturated heterocycles. The summed E-state index contributed by atoms with van der Waals surface area (Å²) in [6.07, 6.45) is 1.13. The molecule has 0 aromatic heterocycles. The van der Waals surface area contributed by atoms with Crippen molar-refractivity contribution in [2.45, 2.75) is 26.7 Å². The smallest absolute Gasteiger partial charge is 0.234 e. The monoisotopic (exact) mass is 236 g/mol. The van der Waals surface area contributed by atoms with Crippen molar-refractivity contribution >= 4 is 5.91 Å². The zero-order chi connectivity index (χ0) is 12.8. The van der Waals surface area contributed by atoms with Crippen LogP contribution in [0.5, 0.6) is 5.75 Å². The van der Waals surface area contributed by atoms with Crippen LogP contribution in [0.3, 0.4) is 0 Å². The van der Waals surface area contributed by atoms with Crippen LogP contribution in [0.4, 0.5) is 0 Å². The fraction of sp³-hybridized carbons (Fsp3) is 0.462. The molecule has 0 unspecified atom stereocenters. The highest BCUT2D eigenvalue weighted by Gasteiger charge is 2.09. The Labute approximate surface area is 102 Å². The van der Waals surface area contributed by atoms with Gasteiger partial charge in [-0.2, -0.15) is 0 Å². The molecule has 2 N–H and O–H groups in total. The number of amides is 1. The number of ether oxygens (including phenoxy) is 1. The molecule has 1 aromatic carbocycles. The number of benzene rings is 1. The van der Waals surface area contributed by atoms with Crippen LogP contribution in [0, 0.1) is 13.8 Å². The lowest BCUT2D eigenvalue weighted by molar-refractivity contribution is -0.121. The fourth-order valence-corrected chi connectivity index (χ4v) is 1.90. The summed E-state index contributed by atoms with van der Waals surface area (Å²) < 4.78 is 5.35. The lowest BCUT2D eigenvalue weighted by Crippen LogP contribution is -2.34. The molecule has 0 radical (unpaired) electrons. The first-order valence-corrected chi connectivity index (χ1v) is 5.68. The second-order valence-corrected chi connectivity index (χ2v) is 4.06. The van der Waals surface area contributed by atoms with E-state index in [0.717, 1.165) is 11.3 Å². The van der Waals surface area contributed by atoms with Gasteiger partial charge in [-0.1, -0.05) is 6.07 Å². The minimum Gasteiger partial charge on any atom is -0.496 e. The van der Waals surface area contributed by atoms with E-state index in [1.165, 1.54) is 11.1 Å². The molecule has 0 fully saturated rings. The van der Waals surface area contributed by atoms with Gasteiger partial charge >= 0.3 is 0 Å². The maximum absolute atomic E-state index is 11.4. The van der Waals surface area contributed by atoms with E-state index < -0.39 is 0 Å². The van der Waals surface area contributed by atoms with Crippen molar-refractivity contribution in [2.24, 2.45) is 0 Å². The molecule has 0 saturated carbocycles. The molecule has 0 bridgehead atoms. The van der Waals surface area contributed by atoms with Gasteiger partial charge in [0.2, 0.25) is 5.91 Å². The Hall–Kier alpha value is -1.55. The van der Waals surface area contributed by atoms with Crippen molar-refractivity contribution in [3.05, 3.63) is 28.8 Å². The van der Waals surface area contributed by atoms with Crippen molar-refractivity contribution < 1.29 is 9.53 Å². The number of hydrogen-bond acceptors (Lipinski definition) is 3. The summed E-state index contributed by atoms with van der Waals surface area (Å²) in [4.78, 5) is 11.4. The third kappa shape index (κ3) is 3.75. The molecule has 1 rings (SSSR count). The van der Waals surface area contributed by atoms with E-state index in [2.05, 4.69) is 16.9 Å². The first kappa shape index (κ1) is 13.5. The van der Waals surface area contributed by atoms with E-state index in [9.17, 15) is 4.79 Å². The van der Waals surface area contributed by atoms with Crippen LogP contribution in [-0.4, -0.2) is 20.1 Å². The van der Waals surface area contributed by atoms with Gasteiger partial charge < -0.3 is 4.74 Å². The van der Waals surface area contributed by atoms with Crippen LogP contribution >= 0.6 is 0 Å². The minimum atomic E-state index is -0.0190. The summed E-state index contributed by atoms with van der Waals surface area (Å²) >= 11 is 0. The van der Waals surface area contributed by atoms with E-state index >= 15 is 0 Å². The molecule has 4 nitrogen and oxygen atoms in total. The molecule has 0 spiro atoms. The van der Waals surface area contributed by atoms with Crippen LogP contribution in [-0.2, 0) is 11.2 Å². The van der Waals surface area contributed by atoms with Crippen LogP contribution in [0.15, 0.2) is 12.1 Å². The number of rotatable bonds is 5. The molecular formula is C13H20N2O2. The summed E-state index contributed by atoms with van der Waals surface area (Å²) in [5.74, 6) is 0.842. The standard InChI is InChI=1S/C13H20N2O2/c1-9-7-10(2)11(12(8-9)17-4)5-6-13(16)15-14-3/h7-8,14H,5-6H2,1-4H3,(H,15,16). The molecule has 0 aliphatic carbocycles. The highest BCUT2D eigenvalue weighted by molar-refractivity contribution is 5.75. The molecule has 0 aliphatic rings. The zero-order valence-electron chi connectivity index (χ0n) is 10.9. The number of hydrazine groups is 1. The molecule has 4 heteroatoms. The van der Waals surface area contributed by atoms with E-state index in [0.29, 0.717) is 12.8 Å². The average Bonchev–Trinajstić information content (AvgIpc) is 2.27. The molecule has 0 atom stereocenters. The van der Waals surface area contributed by atoms with Crippen molar-refractivity contribution in [3.63, 3.8) is 0 Å². The van der Waals surface area contributed by atoms with Gasteiger partial charge in [0.05, 0.1) is 7.11 Å². The van der Waals surface area contributed by atoms with Gasteiger partial charge in [-0.3, -0.25) is 10.2 Å². The van der Waals surface area contributed by atoms with Gasteiger partial charge in [0, 0.05) is 13.5 Å². The van der Waals surface area contributed by atoms with E-state index in [1.54, 1.807) is 14.2 Å². The van der Waals surface area contributed by atoms with Crippen LogP contribution in [0.2, 0.25) is 0 Å². The quantitative estimate of drug-likeness (QED) is 0.762. The first-order valence-electron chi connectivity index (χ1n) is 5.68.